The predicted octanol–water partition coefficient (Wildman–Crippen LogP) is 3.62. The minimum absolute atomic E-state index is 0.773. The average Bonchev–Trinajstić information content (AvgIpc) is 2.46. The molecular formula is C13H21BrN4S. The van der Waals surface area contributed by atoms with E-state index in [0.717, 1.165) is 41.5 Å². The van der Waals surface area contributed by atoms with E-state index in [-0.39, 0.29) is 0 Å². The quantitative estimate of drug-likeness (QED) is 0.825. The zero-order chi connectivity index (χ0) is 13.5. The molecule has 1 fully saturated rings. The van der Waals surface area contributed by atoms with Crippen molar-refractivity contribution < 1.29 is 0 Å². The van der Waals surface area contributed by atoms with Gasteiger partial charge in [-0.2, -0.15) is 11.8 Å². The second kappa shape index (κ2) is 7.94. The molecule has 0 atom stereocenters. The average molecular weight is 345 g/mol. The minimum Gasteiger partial charge on any atom is -0.369 e. The molecule has 0 bridgehead atoms. The molecule has 1 aliphatic heterocycles. The van der Waals surface area contributed by atoms with Crippen LogP contribution in [0.2, 0.25) is 0 Å². The molecule has 1 aromatic rings. The van der Waals surface area contributed by atoms with Gasteiger partial charge in [0.2, 0.25) is 0 Å². The van der Waals surface area contributed by atoms with Gasteiger partial charge in [0.25, 0.3) is 0 Å². The summed E-state index contributed by atoms with van der Waals surface area (Å²) in [5, 5.41) is 6.75. The number of nitrogens with zero attached hydrogens (tertiary/aromatic N) is 2. The van der Waals surface area contributed by atoms with Crippen molar-refractivity contribution in [3.8, 4) is 0 Å². The first kappa shape index (κ1) is 14.9. The smallest absolute Gasteiger partial charge is 0.145 e. The molecule has 1 saturated heterocycles. The summed E-state index contributed by atoms with van der Waals surface area (Å²) in [7, 11) is 0. The highest BCUT2D eigenvalue weighted by atomic mass is 79.9. The van der Waals surface area contributed by atoms with Crippen LogP contribution in [-0.2, 0) is 0 Å². The zero-order valence-corrected chi connectivity index (χ0v) is 13.7. The van der Waals surface area contributed by atoms with E-state index in [0.29, 0.717) is 0 Å². The normalized spacial score (nSPS) is 16.3. The molecule has 0 radical (unpaired) electrons. The van der Waals surface area contributed by atoms with Crippen molar-refractivity contribution in [3.63, 3.8) is 0 Å². The summed E-state index contributed by atoms with van der Waals surface area (Å²) in [5.41, 5.74) is 0. The van der Waals surface area contributed by atoms with Crippen LogP contribution in [0.1, 0.15) is 26.2 Å². The molecule has 0 amide bonds. The third kappa shape index (κ3) is 4.53. The highest BCUT2D eigenvalue weighted by Gasteiger charge is 2.15. The van der Waals surface area contributed by atoms with Gasteiger partial charge in [0.15, 0.2) is 0 Å². The van der Waals surface area contributed by atoms with E-state index in [9.17, 15) is 0 Å². The lowest BCUT2D eigenvalue weighted by Gasteiger charge is -2.22. The number of hydrogen-bond acceptors (Lipinski definition) is 5. The third-order valence-electron chi connectivity index (χ3n) is 3.23. The second-order valence-corrected chi connectivity index (χ2v) is 6.77. The van der Waals surface area contributed by atoms with Crippen molar-refractivity contribution in [1.29, 1.82) is 0 Å². The molecule has 0 aromatic carbocycles. The number of hydrogen-bond donors (Lipinski definition) is 2. The summed E-state index contributed by atoms with van der Waals surface area (Å²) in [4.78, 5) is 8.58. The molecular weight excluding hydrogens is 324 g/mol. The van der Waals surface area contributed by atoms with Crippen LogP contribution in [0.5, 0.6) is 0 Å². The summed E-state index contributed by atoms with van der Waals surface area (Å²) >= 11 is 5.64. The molecule has 2 rings (SSSR count). The zero-order valence-electron chi connectivity index (χ0n) is 11.3. The van der Waals surface area contributed by atoms with E-state index < -0.39 is 0 Å². The number of aromatic nitrogens is 2. The first-order valence-electron chi connectivity index (χ1n) is 6.87. The fraction of sp³-hybridized carbons (Fsp3) is 0.692. The lowest BCUT2D eigenvalue weighted by molar-refractivity contribution is 0.515. The Labute approximate surface area is 127 Å². The summed E-state index contributed by atoms with van der Waals surface area (Å²) in [5.74, 6) is 5.13. The van der Waals surface area contributed by atoms with Crippen molar-refractivity contribution >= 4 is 39.3 Å². The second-order valence-electron chi connectivity index (χ2n) is 4.75. The molecule has 2 heterocycles. The highest BCUT2D eigenvalue weighted by Crippen LogP contribution is 2.28. The van der Waals surface area contributed by atoms with Gasteiger partial charge in [0.1, 0.15) is 22.4 Å². The van der Waals surface area contributed by atoms with Crippen LogP contribution in [0.15, 0.2) is 10.8 Å². The van der Waals surface area contributed by atoms with Crippen molar-refractivity contribution in [2.24, 2.45) is 5.92 Å². The van der Waals surface area contributed by atoms with E-state index in [4.69, 9.17) is 0 Å². The third-order valence-corrected chi connectivity index (χ3v) is 5.03. The summed E-state index contributed by atoms with van der Waals surface area (Å²) in [6.45, 7) is 4.07. The van der Waals surface area contributed by atoms with Crippen LogP contribution in [0, 0.1) is 5.92 Å². The van der Waals surface area contributed by atoms with E-state index in [1.807, 2.05) is 0 Å². The monoisotopic (exact) mass is 344 g/mol. The summed E-state index contributed by atoms with van der Waals surface area (Å²) in [6, 6.07) is 0. The first-order chi connectivity index (χ1) is 9.31. The van der Waals surface area contributed by atoms with E-state index >= 15 is 0 Å². The number of anilines is 2. The Kier molecular flexibility index (Phi) is 6.23. The van der Waals surface area contributed by atoms with Crippen LogP contribution >= 0.6 is 27.7 Å². The maximum absolute atomic E-state index is 4.32. The van der Waals surface area contributed by atoms with E-state index in [1.54, 1.807) is 6.33 Å². The lowest BCUT2D eigenvalue weighted by atomic mass is 10.0. The Morgan fingerprint density at radius 2 is 1.95 bits per heavy atom. The Bertz CT molecular complexity index is 396. The predicted molar refractivity (Wildman–Crippen MR) is 87.1 cm³/mol. The maximum Gasteiger partial charge on any atom is 0.145 e. The number of nitrogens with one attached hydrogen (secondary N) is 2. The molecule has 0 aliphatic carbocycles. The van der Waals surface area contributed by atoms with Crippen LogP contribution in [0.4, 0.5) is 11.6 Å². The maximum atomic E-state index is 4.32. The fourth-order valence-corrected chi connectivity index (χ4v) is 3.74. The molecule has 106 valence electrons. The van der Waals surface area contributed by atoms with Gasteiger partial charge in [-0.3, -0.25) is 0 Å². The van der Waals surface area contributed by atoms with Gasteiger partial charge < -0.3 is 10.6 Å². The fourth-order valence-electron chi connectivity index (χ4n) is 2.05. The Hall–Kier alpha value is -0.490. The van der Waals surface area contributed by atoms with Crippen molar-refractivity contribution in [2.75, 3.05) is 35.2 Å². The molecule has 19 heavy (non-hydrogen) atoms. The Balaban J connectivity index is 1.91. The molecule has 2 N–H and O–H groups in total. The molecule has 4 nitrogen and oxygen atoms in total. The SMILES string of the molecule is CCCNc1ncnc(NCC2CCSCC2)c1Br. The van der Waals surface area contributed by atoms with Crippen molar-refractivity contribution in [2.45, 2.75) is 26.2 Å². The summed E-state index contributed by atoms with van der Waals surface area (Å²) < 4.78 is 0.939. The van der Waals surface area contributed by atoms with Gasteiger partial charge in [-0.05, 0) is 52.6 Å². The molecule has 6 heteroatoms. The largest absolute Gasteiger partial charge is 0.369 e. The topological polar surface area (TPSA) is 49.8 Å². The number of thioether (sulfide) groups is 1. The van der Waals surface area contributed by atoms with Gasteiger partial charge in [-0.15, -0.1) is 0 Å². The Morgan fingerprint density at radius 3 is 2.63 bits per heavy atom. The van der Waals surface area contributed by atoms with Gasteiger partial charge >= 0.3 is 0 Å². The minimum atomic E-state index is 0.773. The lowest BCUT2D eigenvalue weighted by Crippen LogP contribution is -2.20. The highest BCUT2D eigenvalue weighted by molar-refractivity contribution is 9.10. The van der Waals surface area contributed by atoms with Gasteiger partial charge in [-0.1, -0.05) is 6.92 Å². The van der Waals surface area contributed by atoms with E-state index in [1.165, 1.54) is 24.3 Å². The summed E-state index contributed by atoms with van der Waals surface area (Å²) in [6.07, 6.45) is 5.31. The Morgan fingerprint density at radius 1 is 1.26 bits per heavy atom. The van der Waals surface area contributed by atoms with Crippen LogP contribution in [0.3, 0.4) is 0 Å². The van der Waals surface area contributed by atoms with Crippen LogP contribution < -0.4 is 10.6 Å². The first-order valence-corrected chi connectivity index (χ1v) is 8.82. The molecule has 1 aromatic heterocycles. The van der Waals surface area contributed by atoms with Crippen LogP contribution in [0.25, 0.3) is 0 Å². The van der Waals surface area contributed by atoms with Crippen LogP contribution in [-0.4, -0.2) is 34.6 Å². The molecule has 0 spiro atoms. The van der Waals surface area contributed by atoms with E-state index in [2.05, 4.69) is 55.2 Å². The van der Waals surface area contributed by atoms with Crippen molar-refractivity contribution in [3.05, 3.63) is 10.8 Å². The number of rotatable bonds is 6. The number of halogens is 1. The van der Waals surface area contributed by atoms with Crippen molar-refractivity contribution in [1.82, 2.24) is 9.97 Å². The van der Waals surface area contributed by atoms with Gasteiger partial charge in [0, 0.05) is 13.1 Å². The molecule has 0 unspecified atom stereocenters. The van der Waals surface area contributed by atoms with Gasteiger partial charge in [0.05, 0.1) is 0 Å². The van der Waals surface area contributed by atoms with Gasteiger partial charge in [-0.25, -0.2) is 9.97 Å². The standard InChI is InChI=1S/C13H21BrN4S/c1-2-5-15-12-11(14)13(18-9-17-12)16-8-10-3-6-19-7-4-10/h9-10H,2-8H2,1H3,(H2,15,16,17,18). The molecule has 1 aliphatic rings. The molecule has 0 saturated carbocycles.